The van der Waals surface area contributed by atoms with Crippen molar-refractivity contribution in [3.05, 3.63) is 90.6 Å². The quantitative estimate of drug-likeness (QED) is 0.216. The molecule has 0 radical (unpaired) electrons. The van der Waals surface area contributed by atoms with Crippen LogP contribution in [0.15, 0.2) is 90.0 Å². The number of amides is 1. The Balaban J connectivity index is 1.33. The molecule has 0 saturated heterocycles. The van der Waals surface area contributed by atoms with Gasteiger partial charge in [0.05, 0.1) is 11.0 Å². The van der Waals surface area contributed by atoms with Crippen molar-refractivity contribution < 1.29 is 23.1 Å². The second-order valence-corrected chi connectivity index (χ2v) is 11.6. The summed E-state index contributed by atoms with van der Waals surface area (Å²) < 4.78 is 35.2. The maximum Gasteiger partial charge on any atom is 0.412 e. The first-order chi connectivity index (χ1) is 18.6. The zero-order valence-electron chi connectivity index (χ0n) is 22.2. The molecule has 1 amide bonds. The number of ether oxygens (including phenoxy) is 1. The summed E-state index contributed by atoms with van der Waals surface area (Å²) in [7, 11) is -2.21. The van der Waals surface area contributed by atoms with E-state index in [0.717, 1.165) is 23.9 Å². The van der Waals surface area contributed by atoms with Gasteiger partial charge in [0.1, 0.15) is 5.75 Å². The van der Waals surface area contributed by atoms with Crippen molar-refractivity contribution in [3.8, 4) is 5.75 Å². The summed E-state index contributed by atoms with van der Waals surface area (Å²) in [6.45, 7) is 5.19. The number of nitrogens with zero attached hydrogens (tertiary/aromatic N) is 1. The Bertz CT molecular complexity index is 1530. The van der Waals surface area contributed by atoms with E-state index in [2.05, 4.69) is 33.8 Å². The Labute approximate surface area is 228 Å². The number of carbonyl (C=O) groups excluding carboxylic acids is 1. The summed E-state index contributed by atoms with van der Waals surface area (Å²) in [6, 6.07) is 22.4. The predicted octanol–water partition coefficient (Wildman–Crippen LogP) is 4.65. The zero-order valence-corrected chi connectivity index (χ0v) is 23.0. The van der Waals surface area contributed by atoms with Crippen LogP contribution in [0.3, 0.4) is 0 Å². The Kier molecular flexibility index (Phi) is 8.59. The molecule has 9 nitrogen and oxygen atoms in total. The van der Waals surface area contributed by atoms with Gasteiger partial charge in [0.15, 0.2) is 0 Å². The topological polar surface area (TPSA) is 122 Å². The van der Waals surface area contributed by atoms with Crippen molar-refractivity contribution in [2.45, 2.75) is 43.4 Å². The molecule has 0 aliphatic heterocycles. The molecule has 0 aliphatic rings. The third-order valence-electron chi connectivity index (χ3n) is 6.49. The molecule has 0 unspecified atom stereocenters. The van der Waals surface area contributed by atoms with E-state index in [-0.39, 0.29) is 10.4 Å². The molecule has 39 heavy (non-hydrogen) atoms. The molecule has 1 aromatic heterocycles. The molecule has 4 rings (SSSR count). The maximum atomic E-state index is 12.7. The summed E-state index contributed by atoms with van der Waals surface area (Å²) in [4.78, 5) is 11.6. The van der Waals surface area contributed by atoms with Crippen molar-refractivity contribution >= 4 is 32.7 Å². The van der Waals surface area contributed by atoms with Gasteiger partial charge in [-0.05, 0) is 74.4 Å². The highest BCUT2D eigenvalue weighted by atomic mass is 32.2. The first kappa shape index (κ1) is 28.2. The number of aryl methyl sites for hydroxylation is 1. The minimum absolute atomic E-state index is 0.174. The van der Waals surface area contributed by atoms with Crippen LogP contribution in [-0.2, 0) is 16.6 Å². The van der Waals surface area contributed by atoms with Crippen LogP contribution in [-0.4, -0.2) is 43.3 Å². The van der Waals surface area contributed by atoms with Gasteiger partial charge in [-0.1, -0.05) is 30.3 Å². The Morgan fingerprint density at radius 1 is 1.03 bits per heavy atom. The summed E-state index contributed by atoms with van der Waals surface area (Å²) >= 11 is 0. The lowest BCUT2D eigenvalue weighted by atomic mass is 9.99. The number of aromatic nitrogens is 1. The van der Waals surface area contributed by atoms with Crippen LogP contribution in [0.4, 0.5) is 10.5 Å². The fraction of sp³-hybridized carbons (Fsp3) is 0.276. The molecule has 10 heteroatoms. The average molecular weight is 551 g/mol. The molecule has 0 fully saturated rings. The highest BCUT2D eigenvalue weighted by Crippen LogP contribution is 2.24. The number of hydrogen-bond donors (Lipinski definition) is 4. The number of fused-ring (bicyclic) bond motifs is 1. The normalized spacial score (nSPS) is 12.7. The van der Waals surface area contributed by atoms with Crippen molar-refractivity contribution in [1.29, 1.82) is 0 Å². The van der Waals surface area contributed by atoms with Gasteiger partial charge in [-0.25, -0.2) is 13.2 Å². The second-order valence-electron chi connectivity index (χ2n) is 9.94. The number of β-amino-alcohol motifs (C(OH)–C–C–N with tert-alkyl or cyclic N) is 1. The molecular weight excluding hydrogens is 516 g/mol. The number of aliphatic hydroxyl groups is 1. The van der Waals surface area contributed by atoms with E-state index in [4.69, 9.17) is 4.74 Å². The number of carbonyl (C=O) groups is 1. The average Bonchev–Trinajstić information content (AvgIpc) is 3.33. The standard InChI is InChI=1S/C29H34N4O5S/c1-29(2,15-17-33-16-14-21-19-24(12-13-26(21)33)38-28(35)30-3)31-20-27(34)22-8-7-9-23(18-22)32-39(36,37)25-10-5-4-6-11-25/h4-14,16,18-19,27,31-32,34H,15,17,20H2,1-3H3,(H,30,35)/t27-/m0/s1. The van der Waals surface area contributed by atoms with E-state index in [1.54, 1.807) is 48.5 Å². The highest BCUT2D eigenvalue weighted by molar-refractivity contribution is 7.92. The van der Waals surface area contributed by atoms with E-state index in [0.29, 0.717) is 23.5 Å². The number of hydrogen-bond acceptors (Lipinski definition) is 6. The van der Waals surface area contributed by atoms with E-state index in [1.165, 1.54) is 19.2 Å². The van der Waals surface area contributed by atoms with Gasteiger partial charge in [0.25, 0.3) is 10.0 Å². The third-order valence-corrected chi connectivity index (χ3v) is 7.88. The van der Waals surface area contributed by atoms with Crippen LogP contribution in [0.1, 0.15) is 31.9 Å². The van der Waals surface area contributed by atoms with Crippen molar-refractivity contribution in [2.24, 2.45) is 0 Å². The number of benzene rings is 3. The molecule has 1 heterocycles. The molecule has 0 bridgehead atoms. The Morgan fingerprint density at radius 2 is 1.79 bits per heavy atom. The second kappa shape index (κ2) is 11.9. The molecular formula is C29H34N4O5S. The molecule has 0 saturated carbocycles. The van der Waals surface area contributed by atoms with Gasteiger partial charge in [-0.3, -0.25) is 4.72 Å². The minimum Gasteiger partial charge on any atom is -0.410 e. The van der Waals surface area contributed by atoms with Crippen molar-refractivity contribution in [3.63, 3.8) is 0 Å². The van der Waals surface area contributed by atoms with E-state index in [9.17, 15) is 18.3 Å². The van der Waals surface area contributed by atoms with Crippen LogP contribution < -0.4 is 20.1 Å². The largest absolute Gasteiger partial charge is 0.412 e. The van der Waals surface area contributed by atoms with E-state index >= 15 is 0 Å². The first-order valence-electron chi connectivity index (χ1n) is 12.7. The van der Waals surface area contributed by atoms with Gasteiger partial charge < -0.3 is 25.0 Å². The van der Waals surface area contributed by atoms with Crippen LogP contribution in [0.5, 0.6) is 5.75 Å². The number of nitrogens with one attached hydrogen (secondary N) is 3. The van der Waals surface area contributed by atoms with Crippen LogP contribution >= 0.6 is 0 Å². The zero-order chi connectivity index (χ0) is 28.0. The fourth-order valence-corrected chi connectivity index (χ4v) is 5.27. The van der Waals surface area contributed by atoms with Gasteiger partial charge >= 0.3 is 6.09 Å². The van der Waals surface area contributed by atoms with E-state index in [1.807, 2.05) is 24.4 Å². The molecule has 0 aliphatic carbocycles. The predicted molar refractivity (Wildman–Crippen MR) is 152 cm³/mol. The molecule has 206 valence electrons. The molecule has 1 atom stereocenters. The maximum absolute atomic E-state index is 12.7. The lowest BCUT2D eigenvalue weighted by Gasteiger charge is -2.28. The van der Waals surface area contributed by atoms with E-state index < -0.39 is 22.2 Å². The first-order valence-corrected chi connectivity index (χ1v) is 14.1. The van der Waals surface area contributed by atoms with Gasteiger partial charge in [0, 0.05) is 48.5 Å². The lowest BCUT2D eigenvalue weighted by molar-refractivity contribution is 0.158. The van der Waals surface area contributed by atoms with Crippen molar-refractivity contribution in [1.82, 2.24) is 15.2 Å². The minimum atomic E-state index is -3.72. The number of aliphatic hydroxyl groups excluding tert-OH is 1. The Morgan fingerprint density at radius 3 is 2.54 bits per heavy atom. The molecule has 3 aromatic carbocycles. The smallest absolute Gasteiger partial charge is 0.410 e. The molecule has 4 N–H and O–H groups in total. The number of rotatable bonds is 11. The summed E-state index contributed by atoms with van der Waals surface area (Å²) in [6.07, 6.45) is 1.46. The SMILES string of the molecule is CNC(=O)Oc1ccc2c(ccn2CCC(C)(C)NC[C@H](O)c2cccc(NS(=O)(=O)c3ccccc3)c2)c1. The third kappa shape index (κ3) is 7.38. The Hall–Kier alpha value is -3.86. The summed E-state index contributed by atoms with van der Waals surface area (Å²) in [5.74, 6) is 0.479. The van der Waals surface area contributed by atoms with Gasteiger partial charge in [-0.2, -0.15) is 0 Å². The summed E-state index contributed by atoms with van der Waals surface area (Å²) in [5, 5.41) is 17.7. The highest BCUT2D eigenvalue weighted by Gasteiger charge is 2.20. The summed E-state index contributed by atoms with van der Waals surface area (Å²) in [5.41, 5.74) is 1.74. The molecule has 4 aromatic rings. The number of sulfonamides is 1. The van der Waals surface area contributed by atoms with Crippen LogP contribution in [0, 0.1) is 0 Å². The number of anilines is 1. The van der Waals surface area contributed by atoms with Gasteiger partial charge in [-0.15, -0.1) is 0 Å². The van der Waals surface area contributed by atoms with Crippen LogP contribution in [0.25, 0.3) is 10.9 Å². The van der Waals surface area contributed by atoms with Gasteiger partial charge in [0.2, 0.25) is 0 Å². The van der Waals surface area contributed by atoms with Crippen molar-refractivity contribution in [2.75, 3.05) is 18.3 Å². The molecule has 0 spiro atoms. The van der Waals surface area contributed by atoms with Crippen LogP contribution in [0.2, 0.25) is 0 Å². The lowest BCUT2D eigenvalue weighted by Crippen LogP contribution is -2.42. The fourth-order valence-electron chi connectivity index (χ4n) is 4.20. The monoisotopic (exact) mass is 550 g/mol.